The van der Waals surface area contributed by atoms with Crippen molar-refractivity contribution in [2.45, 2.75) is 26.7 Å². The molecule has 0 unspecified atom stereocenters. The molecule has 0 aliphatic carbocycles. The first-order chi connectivity index (χ1) is 8.50. The van der Waals surface area contributed by atoms with E-state index in [0.717, 1.165) is 5.57 Å². The van der Waals surface area contributed by atoms with Crippen molar-refractivity contribution in [2.24, 2.45) is 0 Å². The van der Waals surface area contributed by atoms with E-state index in [1.165, 1.54) is 0 Å². The normalized spacial score (nSPS) is 10.7. The van der Waals surface area contributed by atoms with Gasteiger partial charge in [0.2, 0.25) is 5.82 Å². The van der Waals surface area contributed by atoms with Gasteiger partial charge >= 0.3 is 0 Å². The first kappa shape index (κ1) is 14.4. The molecule has 1 aromatic rings. The Bertz CT molecular complexity index is 412. The molecule has 0 aromatic carbocycles. The Labute approximate surface area is 107 Å². The number of aromatic nitrogens is 3. The lowest BCUT2D eigenvalue weighted by atomic mass is 10.2. The van der Waals surface area contributed by atoms with Gasteiger partial charge in [0, 0.05) is 12.5 Å². The number of ether oxygens (including phenoxy) is 1. The van der Waals surface area contributed by atoms with Crippen LogP contribution in [0.2, 0.25) is 0 Å². The minimum Gasteiger partial charge on any atom is -0.375 e. The highest BCUT2D eigenvalue weighted by molar-refractivity contribution is 5.90. The van der Waals surface area contributed by atoms with Crippen LogP contribution in [0.1, 0.15) is 43.1 Å². The second kappa shape index (κ2) is 6.90. The van der Waals surface area contributed by atoms with Crippen LogP contribution in [0.5, 0.6) is 0 Å². The Morgan fingerprint density at radius 3 is 2.83 bits per heavy atom. The SMILES string of the molecule is C=C(C)COCCNC(=O)c1n[nH]c(C(C)C)n1. The van der Waals surface area contributed by atoms with Crippen LogP contribution in [-0.2, 0) is 4.74 Å². The zero-order valence-electron chi connectivity index (χ0n) is 11.1. The number of carbonyl (C=O) groups is 1. The minimum absolute atomic E-state index is 0.165. The molecule has 0 fully saturated rings. The molecule has 0 spiro atoms. The predicted octanol–water partition coefficient (Wildman–Crippen LogP) is 1.25. The van der Waals surface area contributed by atoms with Crippen LogP contribution < -0.4 is 5.32 Å². The maximum absolute atomic E-state index is 11.6. The number of H-pyrrole nitrogens is 1. The first-order valence-corrected chi connectivity index (χ1v) is 5.93. The molecule has 0 radical (unpaired) electrons. The summed E-state index contributed by atoms with van der Waals surface area (Å²) in [4.78, 5) is 15.8. The van der Waals surface area contributed by atoms with Crippen LogP contribution in [-0.4, -0.2) is 40.8 Å². The second-order valence-electron chi connectivity index (χ2n) is 4.46. The van der Waals surface area contributed by atoms with E-state index >= 15 is 0 Å². The van der Waals surface area contributed by atoms with Crippen LogP contribution in [0, 0.1) is 0 Å². The van der Waals surface area contributed by atoms with Crippen LogP contribution in [0.15, 0.2) is 12.2 Å². The van der Waals surface area contributed by atoms with Crippen molar-refractivity contribution in [3.05, 3.63) is 23.8 Å². The summed E-state index contributed by atoms with van der Waals surface area (Å²) in [5, 5.41) is 9.29. The maximum atomic E-state index is 11.6. The molecule has 1 heterocycles. The molecule has 1 aromatic heterocycles. The van der Waals surface area contributed by atoms with Crippen molar-refractivity contribution in [1.82, 2.24) is 20.5 Å². The topological polar surface area (TPSA) is 79.9 Å². The van der Waals surface area contributed by atoms with E-state index in [4.69, 9.17) is 4.74 Å². The van der Waals surface area contributed by atoms with E-state index in [0.29, 0.717) is 25.6 Å². The third kappa shape index (κ3) is 4.67. The summed E-state index contributed by atoms with van der Waals surface area (Å²) in [6, 6.07) is 0. The maximum Gasteiger partial charge on any atom is 0.291 e. The summed E-state index contributed by atoms with van der Waals surface area (Å²) < 4.78 is 5.26. The molecule has 100 valence electrons. The Hall–Kier alpha value is -1.69. The molecule has 1 amide bonds. The minimum atomic E-state index is -0.294. The summed E-state index contributed by atoms with van der Waals surface area (Å²) >= 11 is 0. The Balaban J connectivity index is 2.29. The first-order valence-electron chi connectivity index (χ1n) is 5.93. The third-order valence-electron chi connectivity index (χ3n) is 2.13. The van der Waals surface area contributed by atoms with Crippen LogP contribution in [0.3, 0.4) is 0 Å². The highest BCUT2D eigenvalue weighted by Crippen LogP contribution is 2.07. The number of carbonyl (C=O) groups excluding carboxylic acids is 1. The van der Waals surface area contributed by atoms with E-state index in [-0.39, 0.29) is 17.6 Å². The lowest BCUT2D eigenvalue weighted by Gasteiger charge is -2.04. The number of aromatic amines is 1. The van der Waals surface area contributed by atoms with Crippen LogP contribution in [0.4, 0.5) is 0 Å². The van der Waals surface area contributed by atoms with Gasteiger partial charge in [0.25, 0.3) is 5.91 Å². The molecular formula is C12H20N4O2. The standard InChI is InChI=1S/C12H20N4O2/c1-8(2)7-18-6-5-13-12(17)11-14-10(9(3)4)15-16-11/h9H,1,5-7H2,2-4H3,(H,13,17)(H,14,15,16). The molecule has 0 saturated heterocycles. The van der Waals surface area contributed by atoms with Crippen LogP contribution >= 0.6 is 0 Å². The molecule has 0 aliphatic rings. The quantitative estimate of drug-likeness (QED) is 0.565. The van der Waals surface area contributed by atoms with Gasteiger partial charge in [0.1, 0.15) is 5.82 Å². The molecule has 1 rings (SSSR count). The number of nitrogens with zero attached hydrogens (tertiary/aromatic N) is 2. The van der Waals surface area contributed by atoms with Crippen molar-refractivity contribution < 1.29 is 9.53 Å². The zero-order valence-corrected chi connectivity index (χ0v) is 11.1. The van der Waals surface area contributed by atoms with Gasteiger partial charge < -0.3 is 10.1 Å². The summed E-state index contributed by atoms with van der Waals surface area (Å²) in [6.07, 6.45) is 0. The number of nitrogens with one attached hydrogen (secondary N) is 2. The van der Waals surface area contributed by atoms with Crippen molar-refractivity contribution >= 4 is 5.91 Å². The number of amides is 1. The number of hydrogen-bond donors (Lipinski definition) is 2. The van der Waals surface area contributed by atoms with Crippen LogP contribution in [0.25, 0.3) is 0 Å². The summed E-state index contributed by atoms with van der Waals surface area (Å²) in [6.45, 7) is 10.9. The second-order valence-corrected chi connectivity index (χ2v) is 4.46. The zero-order chi connectivity index (χ0) is 13.5. The van der Waals surface area contributed by atoms with E-state index in [2.05, 4.69) is 27.1 Å². The van der Waals surface area contributed by atoms with E-state index in [9.17, 15) is 4.79 Å². The molecular weight excluding hydrogens is 232 g/mol. The summed E-state index contributed by atoms with van der Waals surface area (Å²) in [7, 11) is 0. The fraction of sp³-hybridized carbons (Fsp3) is 0.583. The summed E-state index contributed by atoms with van der Waals surface area (Å²) in [5.74, 6) is 0.798. The third-order valence-corrected chi connectivity index (χ3v) is 2.13. The molecule has 18 heavy (non-hydrogen) atoms. The van der Waals surface area contributed by atoms with Crippen molar-refractivity contribution in [1.29, 1.82) is 0 Å². The molecule has 6 nitrogen and oxygen atoms in total. The van der Waals surface area contributed by atoms with E-state index < -0.39 is 0 Å². The van der Waals surface area contributed by atoms with Gasteiger partial charge in [-0.15, -0.1) is 5.10 Å². The average Bonchev–Trinajstić information content (AvgIpc) is 2.77. The van der Waals surface area contributed by atoms with Crippen molar-refractivity contribution in [3.63, 3.8) is 0 Å². The lowest BCUT2D eigenvalue weighted by molar-refractivity contribution is 0.0917. The fourth-order valence-corrected chi connectivity index (χ4v) is 1.20. The van der Waals surface area contributed by atoms with Gasteiger partial charge in [-0.1, -0.05) is 26.0 Å². The number of hydrogen-bond acceptors (Lipinski definition) is 4. The number of rotatable bonds is 7. The van der Waals surface area contributed by atoms with Gasteiger partial charge in [0.15, 0.2) is 0 Å². The Morgan fingerprint density at radius 1 is 1.56 bits per heavy atom. The van der Waals surface area contributed by atoms with E-state index in [1.807, 2.05) is 20.8 Å². The molecule has 0 bridgehead atoms. The Morgan fingerprint density at radius 2 is 2.28 bits per heavy atom. The molecule has 0 saturated carbocycles. The van der Waals surface area contributed by atoms with Crippen molar-refractivity contribution in [3.8, 4) is 0 Å². The van der Waals surface area contributed by atoms with Gasteiger partial charge in [-0.25, -0.2) is 4.98 Å². The van der Waals surface area contributed by atoms with Gasteiger partial charge in [0.05, 0.1) is 13.2 Å². The van der Waals surface area contributed by atoms with Crippen molar-refractivity contribution in [2.75, 3.05) is 19.8 Å². The molecule has 0 aliphatic heterocycles. The van der Waals surface area contributed by atoms with Gasteiger partial charge in [-0.2, -0.15) is 0 Å². The largest absolute Gasteiger partial charge is 0.375 e. The van der Waals surface area contributed by atoms with Gasteiger partial charge in [-0.05, 0) is 6.92 Å². The lowest BCUT2D eigenvalue weighted by Crippen LogP contribution is -2.28. The predicted molar refractivity (Wildman–Crippen MR) is 68.4 cm³/mol. The van der Waals surface area contributed by atoms with E-state index in [1.54, 1.807) is 0 Å². The molecule has 0 atom stereocenters. The van der Waals surface area contributed by atoms with Gasteiger partial charge in [-0.3, -0.25) is 9.89 Å². The highest BCUT2D eigenvalue weighted by atomic mass is 16.5. The Kier molecular flexibility index (Phi) is 5.51. The highest BCUT2D eigenvalue weighted by Gasteiger charge is 2.13. The summed E-state index contributed by atoms with van der Waals surface area (Å²) in [5.41, 5.74) is 0.955. The fourth-order valence-electron chi connectivity index (χ4n) is 1.20. The average molecular weight is 252 g/mol. The monoisotopic (exact) mass is 252 g/mol. The molecule has 2 N–H and O–H groups in total. The molecule has 6 heteroatoms. The smallest absolute Gasteiger partial charge is 0.291 e.